The minimum absolute atomic E-state index is 0.0619. The van der Waals surface area contributed by atoms with Gasteiger partial charge in [-0.1, -0.05) is 31.2 Å². The number of fused-ring (bicyclic) bond motifs is 5. The van der Waals surface area contributed by atoms with Crippen molar-refractivity contribution in [3.05, 3.63) is 12.2 Å². The second-order valence-electron chi connectivity index (χ2n) is 11.1. The highest BCUT2D eigenvalue weighted by atomic mass is 16.6. The maximum atomic E-state index is 12.6. The number of Topliss-reactive ketones (excluding diaryl/α,β-unsaturated/α-hetero) is 1. The van der Waals surface area contributed by atoms with Gasteiger partial charge in [-0.25, -0.2) is 0 Å². The van der Waals surface area contributed by atoms with Gasteiger partial charge in [0.2, 0.25) is 0 Å². The third-order valence-electron chi connectivity index (χ3n) is 9.09. The molecule has 0 bridgehead atoms. The molecule has 4 fully saturated rings. The van der Waals surface area contributed by atoms with Crippen LogP contribution in [0.5, 0.6) is 0 Å². The Morgan fingerprint density at radius 3 is 2.64 bits per heavy atom. The fraction of sp³-hybridized carbons (Fsp3) is 0.833. The average Bonchev–Trinajstić information content (AvgIpc) is 2.96. The molecule has 2 N–H and O–H groups in total. The zero-order valence-electron chi connectivity index (χ0n) is 18.2. The summed E-state index contributed by atoms with van der Waals surface area (Å²) in [5, 5.41) is 4.51. The molecule has 4 rings (SSSR count). The van der Waals surface area contributed by atoms with Crippen LogP contribution >= 0.6 is 0 Å². The van der Waals surface area contributed by atoms with Crippen LogP contribution in [0.2, 0.25) is 0 Å². The molecule has 0 saturated heterocycles. The van der Waals surface area contributed by atoms with Gasteiger partial charge in [0.1, 0.15) is 11.4 Å². The minimum Gasteiger partial charge on any atom is -0.389 e. The van der Waals surface area contributed by atoms with E-state index in [4.69, 9.17) is 10.6 Å². The number of nitrogens with two attached hydrogens (primary N) is 1. The summed E-state index contributed by atoms with van der Waals surface area (Å²) in [6, 6.07) is 0. The number of rotatable bonds is 3. The second-order valence-corrected chi connectivity index (χ2v) is 11.1. The largest absolute Gasteiger partial charge is 0.389 e. The van der Waals surface area contributed by atoms with Gasteiger partial charge in [-0.15, -0.1) is 0 Å². The standard InChI is InChI=1S/C24H38N2O2/c1-15-12-17-18-6-7-21(27)24(18,5)11-9-19(17)23(4)10-8-16(13-20(15)23)26-28-22(2,3)14-25/h17-20H,1,6-14,25H2,2-5H3/t17-,18-,19-,20?,23+,24-/m0/s1. The second kappa shape index (κ2) is 6.68. The van der Waals surface area contributed by atoms with Crippen molar-refractivity contribution in [2.45, 2.75) is 84.7 Å². The van der Waals surface area contributed by atoms with Crippen LogP contribution in [0.3, 0.4) is 0 Å². The molecule has 0 aromatic rings. The summed E-state index contributed by atoms with van der Waals surface area (Å²) in [6.07, 6.45) is 8.40. The predicted molar refractivity (Wildman–Crippen MR) is 113 cm³/mol. The molecule has 0 aromatic carbocycles. The number of allylic oxidation sites excluding steroid dienone is 1. The van der Waals surface area contributed by atoms with Crippen LogP contribution in [0.1, 0.15) is 79.1 Å². The van der Waals surface area contributed by atoms with Crippen LogP contribution in [0.25, 0.3) is 0 Å². The fourth-order valence-corrected chi connectivity index (χ4v) is 7.13. The van der Waals surface area contributed by atoms with Crippen LogP contribution < -0.4 is 5.73 Å². The Kier molecular flexibility index (Phi) is 4.80. The molecule has 0 aromatic heterocycles. The van der Waals surface area contributed by atoms with E-state index in [9.17, 15) is 4.79 Å². The molecular weight excluding hydrogens is 348 g/mol. The van der Waals surface area contributed by atoms with E-state index in [2.05, 4.69) is 25.6 Å². The van der Waals surface area contributed by atoms with Gasteiger partial charge < -0.3 is 10.6 Å². The summed E-state index contributed by atoms with van der Waals surface area (Å²) >= 11 is 0. The van der Waals surface area contributed by atoms with E-state index in [0.29, 0.717) is 30.1 Å². The summed E-state index contributed by atoms with van der Waals surface area (Å²) < 4.78 is 0. The van der Waals surface area contributed by atoms with Gasteiger partial charge in [0.15, 0.2) is 0 Å². The van der Waals surface area contributed by atoms with Crippen LogP contribution in [-0.4, -0.2) is 23.6 Å². The Balaban J connectivity index is 1.55. The van der Waals surface area contributed by atoms with Gasteiger partial charge in [-0.2, -0.15) is 0 Å². The lowest BCUT2D eigenvalue weighted by Crippen LogP contribution is -2.54. The summed E-state index contributed by atoms with van der Waals surface area (Å²) in [5.41, 5.74) is 8.14. The van der Waals surface area contributed by atoms with Crippen LogP contribution in [0.15, 0.2) is 17.3 Å². The van der Waals surface area contributed by atoms with Crippen LogP contribution in [-0.2, 0) is 9.63 Å². The van der Waals surface area contributed by atoms with E-state index >= 15 is 0 Å². The summed E-state index contributed by atoms with van der Waals surface area (Å²) in [4.78, 5) is 18.4. The SMILES string of the molecule is C=C1C[C@@H]2[C@H](CC[C@]3(C)C(=O)CC[C@@H]23)[C@@]2(C)CCC(=NOC(C)(C)CN)CC12. The normalized spacial score (nSPS) is 44.8. The Bertz CT molecular complexity index is 711. The van der Waals surface area contributed by atoms with E-state index < -0.39 is 5.60 Å². The van der Waals surface area contributed by atoms with Crippen molar-refractivity contribution in [3.63, 3.8) is 0 Å². The zero-order chi connectivity index (χ0) is 20.3. The first kappa shape index (κ1) is 20.1. The van der Waals surface area contributed by atoms with Gasteiger partial charge in [0, 0.05) is 18.4 Å². The molecule has 156 valence electrons. The van der Waals surface area contributed by atoms with Crippen molar-refractivity contribution in [2.24, 2.45) is 45.4 Å². The van der Waals surface area contributed by atoms with Crippen molar-refractivity contribution in [3.8, 4) is 0 Å². The molecular formula is C24H38N2O2. The molecule has 0 aliphatic heterocycles. The lowest BCUT2D eigenvalue weighted by Gasteiger charge is -2.60. The van der Waals surface area contributed by atoms with E-state index in [0.717, 1.165) is 50.9 Å². The Morgan fingerprint density at radius 1 is 1.18 bits per heavy atom. The first-order valence-electron chi connectivity index (χ1n) is 11.3. The van der Waals surface area contributed by atoms with Crippen LogP contribution in [0.4, 0.5) is 0 Å². The van der Waals surface area contributed by atoms with Gasteiger partial charge in [0.25, 0.3) is 0 Å². The Hall–Kier alpha value is -1.16. The number of hydrogen-bond donors (Lipinski definition) is 1. The van der Waals surface area contributed by atoms with Crippen LogP contribution in [0, 0.1) is 34.5 Å². The van der Waals surface area contributed by atoms with Crippen molar-refractivity contribution in [1.82, 2.24) is 0 Å². The number of carbonyl (C=O) groups is 1. The molecule has 4 aliphatic rings. The molecule has 0 heterocycles. The number of hydrogen-bond acceptors (Lipinski definition) is 4. The maximum absolute atomic E-state index is 12.6. The minimum atomic E-state index is -0.411. The Morgan fingerprint density at radius 2 is 1.93 bits per heavy atom. The summed E-state index contributed by atoms with van der Waals surface area (Å²) in [5.74, 6) is 2.94. The number of ketones is 1. The van der Waals surface area contributed by atoms with Crippen molar-refractivity contribution < 1.29 is 9.63 Å². The summed E-state index contributed by atoms with van der Waals surface area (Å²) in [7, 11) is 0. The number of nitrogens with zero attached hydrogens (tertiary/aromatic N) is 1. The third-order valence-corrected chi connectivity index (χ3v) is 9.09. The number of oxime groups is 1. The average molecular weight is 387 g/mol. The molecule has 28 heavy (non-hydrogen) atoms. The van der Waals surface area contributed by atoms with Gasteiger partial charge >= 0.3 is 0 Å². The van der Waals surface area contributed by atoms with E-state index in [1.807, 2.05) is 13.8 Å². The molecule has 0 spiro atoms. The molecule has 4 heteroatoms. The topological polar surface area (TPSA) is 64.7 Å². The molecule has 1 unspecified atom stereocenters. The van der Waals surface area contributed by atoms with Crippen molar-refractivity contribution in [2.75, 3.05) is 6.54 Å². The molecule has 0 radical (unpaired) electrons. The molecule has 6 atom stereocenters. The van der Waals surface area contributed by atoms with E-state index in [1.165, 1.54) is 17.7 Å². The monoisotopic (exact) mass is 386 g/mol. The van der Waals surface area contributed by atoms with E-state index in [-0.39, 0.29) is 10.8 Å². The fourth-order valence-electron chi connectivity index (χ4n) is 7.13. The first-order valence-corrected chi connectivity index (χ1v) is 11.3. The molecule has 4 nitrogen and oxygen atoms in total. The highest BCUT2D eigenvalue weighted by molar-refractivity contribution is 5.87. The van der Waals surface area contributed by atoms with Crippen molar-refractivity contribution >= 4 is 11.5 Å². The molecule has 4 aliphatic carbocycles. The van der Waals surface area contributed by atoms with E-state index in [1.54, 1.807) is 0 Å². The van der Waals surface area contributed by atoms with Gasteiger partial charge in [0.05, 0.1) is 5.71 Å². The lowest BCUT2D eigenvalue weighted by atomic mass is 9.44. The van der Waals surface area contributed by atoms with Gasteiger partial charge in [-0.05, 0) is 87.9 Å². The number of carbonyl (C=O) groups excluding carboxylic acids is 1. The zero-order valence-corrected chi connectivity index (χ0v) is 18.2. The quantitative estimate of drug-likeness (QED) is 0.556. The predicted octanol–water partition coefficient (Wildman–Crippen LogP) is 4.87. The highest BCUT2D eigenvalue weighted by Gasteiger charge is 2.60. The molecule has 0 amide bonds. The smallest absolute Gasteiger partial charge is 0.144 e. The molecule has 4 saturated carbocycles. The third kappa shape index (κ3) is 2.98. The highest BCUT2D eigenvalue weighted by Crippen LogP contribution is 2.66. The van der Waals surface area contributed by atoms with Crippen molar-refractivity contribution in [1.29, 1.82) is 0 Å². The Labute approximate surface area is 170 Å². The summed E-state index contributed by atoms with van der Waals surface area (Å²) in [6.45, 7) is 13.7. The first-order chi connectivity index (χ1) is 13.1. The van der Waals surface area contributed by atoms with Gasteiger partial charge in [-0.3, -0.25) is 4.79 Å². The maximum Gasteiger partial charge on any atom is 0.144 e. The lowest BCUT2D eigenvalue weighted by molar-refractivity contribution is -0.134.